The van der Waals surface area contributed by atoms with Gasteiger partial charge in [-0.25, -0.2) is 9.89 Å². The number of hydrogen-bond acceptors (Lipinski definition) is 4. The number of rotatable bonds is 5. The fraction of sp³-hybridized carbons (Fsp3) is 0.300. The summed E-state index contributed by atoms with van der Waals surface area (Å²) in [6.45, 7) is 1.54. The van der Waals surface area contributed by atoms with Crippen LogP contribution in [0, 0.1) is 0 Å². The van der Waals surface area contributed by atoms with Crippen LogP contribution in [-0.2, 0) is 19.5 Å². The van der Waals surface area contributed by atoms with Crippen LogP contribution in [0.4, 0.5) is 11.4 Å². The third-order valence-electron chi connectivity index (χ3n) is 5.03. The van der Waals surface area contributed by atoms with Crippen molar-refractivity contribution in [3.05, 3.63) is 76.5 Å². The van der Waals surface area contributed by atoms with Gasteiger partial charge in [-0.15, -0.1) is 0 Å². The number of aromatic amines is 1. The molecule has 2 N–H and O–H groups in total. The van der Waals surface area contributed by atoms with E-state index in [0.717, 1.165) is 37.4 Å². The largest absolute Gasteiger partial charge is 0.345 e. The Labute approximate surface area is 152 Å². The lowest BCUT2D eigenvalue weighted by Gasteiger charge is -2.23. The number of anilines is 2. The van der Waals surface area contributed by atoms with Gasteiger partial charge in [-0.05, 0) is 36.2 Å². The van der Waals surface area contributed by atoms with Crippen molar-refractivity contribution in [2.45, 2.75) is 32.0 Å². The van der Waals surface area contributed by atoms with Crippen LogP contribution in [0.15, 0.2) is 59.4 Å². The zero-order chi connectivity index (χ0) is 17.9. The molecule has 0 fully saturated rings. The second kappa shape index (κ2) is 7.17. The quantitative estimate of drug-likeness (QED) is 0.743. The molecule has 1 atom stereocenters. The Hall–Kier alpha value is -2.86. The summed E-state index contributed by atoms with van der Waals surface area (Å²) in [5.41, 5.74) is 3.49. The molecule has 3 aromatic rings. The summed E-state index contributed by atoms with van der Waals surface area (Å²) in [6.07, 6.45) is 1.73. The van der Waals surface area contributed by atoms with Gasteiger partial charge < -0.3 is 10.2 Å². The summed E-state index contributed by atoms with van der Waals surface area (Å²) in [5, 5.41) is 10.2. The van der Waals surface area contributed by atoms with E-state index in [-0.39, 0.29) is 5.69 Å². The summed E-state index contributed by atoms with van der Waals surface area (Å²) in [7, 11) is 2.08. The Kier molecular flexibility index (Phi) is 4.58. The van der Waals surface area contributed by atoms with E-state index in [4.69, 9.17) is 0 Å². The van der Waals surface area contributed by atoms with Gasteiger partial charge in [-0.2, -0.15) is 5.10 Å². The average Bonchev–Trinajstić information content (AvgIpc) is 3.07. The Balaban J connectivity index is 1.36. The minimum atomic E-state index is -0.100. The van der Waals surface area contributed by atoms with E-state index in [2.05, 4.69) is 63.9 Å². The third kappa shape index (κ3) is 3.41. The molecule has 2 heterocycles. The van der Waals surface area contributed by atoms with Crippen molar-refractivity contribution in [2.75, 3.05) is 11.9 Å². The van der Waals surface area contributed by atoms with Gasteiger partial charge in [-0.1, -0.05) is 30.3 Å². The van der Waals surface area contributed by atoms with Crippen molar-refractivity contribution in [3.63, 3.8) is 0 Å². The standard InChI is InChI=1S/C20H23N5O/c1-24(17-5-3-2-4-6-17)18-9-7-15(8-10-18)14-21-16-11-12-25-19(13-16)22-23-20(25)26/h2-10,16,21H,11-14H2,1H3,(H,23,26). The number of H-pyrrole nitrogens is 1. The first-order valence-corrected chi connectivity index (χ1v) is 8.96. The minimum Gasteiger partial charge on any atom is -0.345 e. The number of nitrogens with zero attached hydrogens (tertiary/aromatic N) is 3. The molecule has 4 rings (SSSR count). The van der Waals surface area contributed by atoms with Gasteiger partial charge in [-0.3, -0.25) is 4.57 Å². The van der Waals surface area contributed by atoms with Gasteiger partial charge in [0.25, 0.3) is 0 Å². The van der Waals surface area contributed by atoms with Gasteiger partial charge in [0, 0.05) is 44.0 Å². The summed E-state index contributed by atoms with van der Waals surface area (Å²) < 4.78 is 1.73. The third-order valence-corrected chi connectivity index (χ3v) is 5.03. The molecule has 6 heteroatoms. The summed E-state index contributed by atoms with van der Waals surface area (Å²) in [5.74, 6) is 0.846. The van der Waals surface area contributed by atoms with Crippen LogP contribution < -0.4 is 15.9 Å². The number of benzene rings is 2. The number of hydrogen-bond donors (Lipinski definition) is 2. The Morgan fingerprint density at radius 2 is 1.88 bits per heavy atom. The predicted molar refractivity (Wildman–Crippen MR) is 103 cm³/mol. The van der Waals surface area contributed by atoms with Gasteiger partial charge in [0.15, 0.2) is 0 Å². The zero-order valence-corrected chi connectivity index (χ0v) is 14.9. The maximum absolute atomic E-state index is 11.6. The van der Waals surface area contributed by atoms with E-state index in [1.54, 1.807) is 4.57 Å². The van der Waals surface area contributed by atoms with Crippen LogP contribution in [0.25, 0.3) is 0 Å². The highest BCUT2D eigenvalue weighted by atomic mass is 16.1. The molecule has 0 aliphatic carbocycles. The normalized spacial score (nSPS) is 16.3. The maximum Gasteiger partial charge on any atom is 0.343 e. The average molecular weight is 349 g/mol. The molecule has 1 aromatic heterocycles. The van der Waals surface area contributed by atoms with E-state index in [1.165, 1.54) is 11.3 Å². The smallest absolute Gasteiger partial charge is 0.343 e. The number of fused-ring (bicyclic) bond motifs is 1. The summed E-state index contributed by atoms with van der Waals surface area (Å²) in [6, 6.07) is 19.3. The van der Waals surface area contributed by atoms with E-state index in [0.29, 0.717) is 6.04 Å². The van der Waals surface area contributed by atoms with Crippen molar-refractivity contribution in [2.24, 2.45) is 0 Å². The number of para-hydroxylation sites is 1. The second-order valence-corrected chi connectivity index (χ2v) is 6.73. The van der Waals surface area contributed by atoms with Crippen LogP contribution in [0.5, 0.6) is 0 Å². The second-order valence-electron chi connectivity index (χ2n) is 6.73. The fourth-order valence-electron chi connectivity index (χ4n) is 3.42. The minimum absolute atomic E-state index is 0.100. The molecule has 2 aromatic carbocycles. The lowest BCUT2D eigenvalue weighted by Crippen LogP contribution is -2.38. The predicted octanol–water partition coefficient (Wildman–Crippen LogP) is 2.44. The molecule has 0 spiro atoms. The number of aromatic nitrogens is 3. The molecule has 0 amide bonds. The molecular formula is C20H23N5O. The summed E-state index contributed by atoms with van der Waals surface area (Å²) in [4.78, 5) is 13.7. The van der Waals surface area contributed by atoms with Crippen LogP contribution >= 0.6 is 0 Å². The fourth-order valence-corrected chi connectivity index (χ4v) is 3.42. The van der Waals surface area contributed by atoms with Crippen molar-refractivity contribution in [3.8, 4) is 0 Å². The van der Waals surface area contributed by atoms with E-state index in [9.17, 15) is 4.79 Å². The molecule has 1 aliphatic rings. The van der Waals surface area contributed by atoms with Gasteiger partial charge in [0.05, 0.1) is 0 Å². The van der Waals surface area contributed by atoms with Crippen molar-refractivity contribution in [1.82, 2.24) is 20.1 Å². The highest BCUT2D eigenvalue weighted by Crippen LogP contribution is 2.23. The van der Waals surface area contributed by atoms with Crippen molar-refractivity contribution >= 4 is 11.4 Å². The number of nitrogens with one attached hydrogen (secondary N) is 2. The van der Waals surface area contributed by atoms with Crippen molar-refractivity contribution < 1.29 is 0 Å². The van der Waals surface area contributed by atoms with Crippen LogP contribution in [0.2, 0.25) is 0 Å². The lowest BCUT2D eigenvalue weighted by molar-refractivity contribution is 0.389. The van der Waals surface area contributed by atoms with Gasteiger partial charge in [0.2, 0.25) is 0 Å². The molecule has 0 saturated heterocycles. The molecule has 6 nitrogen and oxygen atoms in total. The Morgan fingerprint density at radius 1 is 1.15 bits per heavy atom. The molecule has 26 heavy (non-hydrogen) atoms. The first-order chi connectivity index (χ1) is 12.7. The maximum atomic E-state index is 11.6. The molecule has 1 aliphatic heterocycles. The molecule has 0 radical (unpaired) electrons. The SMILES string of the molecule is CN(c1ccccc1)c1ccc(CNC2CCn3c(n[nH]c3=O)C2)cc1. The van der Waals surface area contributed by atoms with Gasteiger partial charge >= 0.3 is 5.69 Å². The Morgan fingerprint density at radius 3 is 2.65 bits per heavy atom. The highest BCUT2D eigenvalue weighted by Gasteiger charge is 2.21. The molecule has 1 unspecified atom stereocenters. The monoisotopic (exact) mass is 349 g/mol. The van der Waals surface area contributed by atoms with Gasteiger partial charge in [0.1, 0.15) is 5.82 Å². The molecule has 0 saturated carbocycles. The first-order valence-electron chi connectivity index (χ1n) is 8.96. The molecule has 134 valence electrons. The first kappa shape index (κ1) is 16.6. The van der Waals surface area contributed by atoms with Crippen LogP contribution in [-0.4, -0.2) is 27.9 Å². The van der Waals surface area contributed by atoms with Crippen LogP contribution in [0.3, 0.4) is 0 Å². The Bertz CT molecular complexity index is 913. The highest BCUT2D eigenvalue weighted by molar-refractivity contribution is 5.62. The van der Waals surface area contributed by atoms with Crippen molar-refractivity contribution in [1.29, 1.82) is 0 Å². The van der Waals surface area contributed by atoms with E-state index in [1.807, 2.05) is 18.2 Å². The van der Waals surface area contributed by atoms with E-state index >= 15 is 0 Å². The van der Waals surface area contributed by atoms with E-state index < -0.39 is 0 Å². The summed E-state index contributed by atoms with van der Waals surface area (Å²) >= 11 is 0. The topological polar surface area (TPSA) is 66.0 Å². The lowest BCUT2D eigenvalue weighted by atomic mass is 10.1. The molecular weight excluding hydrogens is 326 g/mol. The van der Waals surface area contributed by atoms with Crippen LogP contribution in [0.1, 0.15) is 17.8 Å². The zero-order valence-electron chi connectivity index (χ0n) is 14.9. The molecule has 0 bridgehead atoms.